The van der Waals surface area contributed by atoms with Crippen molar-refractivity contribution in [3.63, 3.8) is 0 Å². The number of benzene rings is 3. The first kappa shape index (κ1) is 28.5. The van der Waals surface area contributed by atoms with Crippen LogP contribution in [0.25, 0.3) is 0 Å². The second kappa shape index (κ2) is 13.6. The third-order valence-electron chi connectivity index (χ3n) is 6.78. The molecule has 2 heterocycles. The molecular weight excluding hydrogens is 540 g/mol. The summed E-state index contributed by atoms with van der Waals surface area (Å²) in [5.74, 6) is -0.473. The number of amides is 1. The maximum Gasteiger partial charge on any atom is 0.335 e. The summed E-state index contributed by atoms with van der Waals surface area (Å²) in [6.45, 7) is 0.354. The maximum atomic E-state index is 12.4. The number of nitrogens with one attached hydrogen (secondary N) is 1. The van der Waals surface area contributed by atoms with Gasteiger partial charge in [0.1, 0.15) is 0 Å². The fourth-order valence-corrected chi connectivity index (χ4v) is 5.40. The predicted molar refractivity (Wildman–Crippen MR) is 154 cm³/mol. The number of ether oxygens (including phenoxy) is 2. The average molecular weight is 571 g/mol. The third-order valence-corrected chi connectivity index (χ3v) is 7.92. The van der Waals surface area contributed by atoms with Crippen LogP contribution in [0.3, 0.4) is 0 Å². The third kappa shape index (κ3) is 7.59. The van der Waals surface area contributed by atoms with Crippen molar-refractivity contribution in [3.05, 3.63) is 131 Å². The Hall–Kier alpha value is -4.02. The van der Waals surface area contributed by atoms with Crippen molar-refractivity contribution in [3.8, 4) is 0 Å². The molecule has 0 aliphatic carbocycles. The molecule has 1 fully saturated rings. The van der Waals surface area contributed by atoms with Crippen molar-refractivity contribution in [1.82, 2.24) is 10.3 Å². The highest BCUT2D eigenvalue weighted by Crippen LogP contribution is 2.39. The number of aliphatic hydroxyl groups is 1. The second-order valence-corrected chi connectivity index (χ2v) is 10.8. The van der Waals surface area contributed by atoms with E-state index in [1.807, 2.05) is 60.7 Å². The van der Waals surface area contributed by atoms with Crippen LogP contribution in [0.4, 0.5) is 0 Å². The van der Waals surface area contributed by atoms with Crippen LogP contribution in [0.1, 0.15) is 61.8 Å². The summed E-state index contributed by atoms with van der Waals surface area (Å²) in [5.41, 5.74) is 4.40. The van der Waals surface area contributed by atoms with E-state index in [0.29, 0.717) is 24.3 Å². The van der Waals surface area contributed by atoms with Gasteiger partial charge in [0, 0.05) is 41.6 Å². The van der Waals surface area contributed by atoms with Crippen molar-refractivity contribution < 1.29 is 29.3 Å². The van der Waals surface area contributed by atoms with E-state index in [0.717, 1.165) is 27.1 Å². The number of pyridine rings is 1. The molecule has 0 spiro atoms. The number of aromatic nitrogens is 1. The molecule has 210 valence electrons. The topological polar surface area (TPSA) is 118 Å². The van der Waals surface area contributed by atoms with Crippen molar-refractivity contribution in [2.75, 3.05) is 5.75 Å². The van der Waals surface area contributed by atoms with Gasteiger partial charge in [0.05, 0.1) is 29.9 Å². The molecule has 8 nitrogen and oxygen atoms in total. The van der Waals surface area contributed by atoms with E-state index in [1.165, 1.54) is 6.20 Å². The average Bonchev–Trinajstić information content (AvgIpc) is 3.03. The Labute approximate surface area is 242 Å². The minimum atomic E-state index is -0.950. The van der Waals surface area contributed by atoms with Crippen molar-refractivity contribution >= 4 is 23.6 Å². The van der Waals surface area contributed by atoms with Crippen LogP contribution in [0.2, 0.25) is 0 Å². The van der Waals surface area contributed by atoms with E-state index in [9.17, 15) is 14.7 Å². The number of rotatable bonds is 10. The van der Waals surface area contributed by atoms with Gasteiger partial charge in [-0.3, -0.25) is 9.78 Å². The van der Waals surface area contributed by atoms with Crippen LogP contribution in [-0.4, -0.2) is 38.9 Å². The Balaban J connectivity index is 1.27. The number of carbonyl (C=O) groups is 2. The minimum Gasteiger partial charge on any atom is -0.478 e. The number of aromatic carboxylic acids is 1. The number of hydrogen-bond acceptors (Lipinski definition) is 7. The summed E-state index contributed by atoms with van der Waals surface area (Å²) in [5, 5.41) is 21.5. The number of hydrogen-bond donors (Lipinski definition) is 3. The second-order valence-electron chi connectivity index (χ2n) is 9.66. The van der Waals surface area contributed by atoms with E-state index in [2.05, 4.69) is 10.3 Å². The maximum absolute atomic E-state index is 12.4. The first-order valence-corrected chi connectivity index (χ1v) is 14.2. The molecule has 0 saturated carbocycles. The monoisotopic (exact) mass is 570 g/mol. The summed E-state index contributed by atoms with van der Waals surface area (Å²) in [7, 11) is 0. The van der Waals surface area contributed by atoms with Gasteiger partial charge in [-0.25, -0.2) is 4.79 Å². The molecule has 9 heteroatoms. The van der Waals surface area contributed by atoms with E-state index in [4.69, 9.17) is 14.6 Å². The van der Waals surface area contributed by atoms with Gasteiger partial charge in [-0.1, -0.05) is 48.5 Å². The van der Waals surface area contributed by atoms with Crippen LogP contribution < -0.4 is 5.32 Å². The molecule has 4 aromatic rings. The molecule has 3 N–H and O–H groups in total. The lowest BCUT2D eigenvalue weighted by Gasteiger charge is -2.36. The first-order chi connectivity index (χ1) is 20.0. The molecule has 41 heavy (non-hydrogen) atoms. The fourth-order valence-electron chi connectivity index (χ4n) is 4.48. The molecule has 0 bridgehead atoms. The van der Waals surface area contributed by atoms with Gasteiger partial charge >= 0.3 is 5.97 Å². The normalized spacial score (nSPS) is 18.5. The van der Waals surface area contributed by atoms with E-state index < -0.39 is 12.3 Å². The SMILES string of the molecule is O=C(O)c1ccc(SCC2CC(c3ccc(CO)cc3)OC(c3ccc(CNC(=O)c4cccnc4)cc3)O2)cc1. The zero-order chi connectivity index (χ0) is 28.6. The Morgan fingerprint density at radius 2 is 1.59 bits per heavy atom. The number of carbonyl (C=O) groups excluding carboxylic acids is 1. The zero-order valence-electron chi connectivity index (χ0n) is 22.2. The van der Waals surface area contributed by atoms with Gasteiger partial charge in [0.2, 0.25) is 0 Å². The standard InChI is InChI=1S/C32H30N2O6S/c35-19-22-5-7-23(8-6-22)29-16-27(20-41-28-13-11-24(12-14-28)31(37)38)39-32(40-29)25-9-3-21(4-10-25)17-34-30(36)26-2-1-15-33-18-26/h1-15,18,27,29,32,35H,16-17,19-20H2,(H,34,36)(H,37,38). The molecule has 3 aromatic carbocycles. The smallest absolute Gasteiger partial charge is 0.335 e. The van der Waals surface area contributed by atoms with Gasteiger partial charge < -0.3 is 25.0 Å². The largest absolute Gasteiger partial charge is 0.478 e. The summed E-state index contributed by atoms with van der Waals surface area (Å²) in [6, 6.07) is 25.8. The predicted octanol–water partition coefficient (Wildman–Crippen LogP) is 5.54. The Morgan fingerprint density at radius 1 is 0.878 bits per heavy atom. The van der Waals surface area contributed by atoms with Crippen molar-refractivity contribution in [2.45, 2.75) is 43.0 Å². The molecular formula is C32H30N2O6S. The summed E-state index contributed by atoms with van der Waals surface area (Å²) in [6.07, 6.45) is 2.88. The quantitative estimate of drug-likeness (QED) is 0.213. The van der Waals surface area contributed by atoms with Gasteiger partial charge in [0.25, 0.3) is 5.91 Å². The first-order valence-electron chi connectivity index (χ1n) is 13.2. The van der Waals surface area contributed by atoms with Gasteiger partial charge in [-0.2, -0.15) is 0 Å². The number of thioether (sulfide) groups is 1. The van der Waals surface area contributed by atoms with E-state index >= 15 is 0 Å². The molecule has 1 amide bonds. The molecule has 1 aliphatic rings. The molecule has 0 radical (unpaired) electrons. The number of carboxylic acids is 1. The van der Waals surface area contributed by atoms with E-state index in [1.54, 1.807) is 42.2 Å². The van der Waals surface area contributed by atoms with Crippen LogP contribution in [0, 0.1) is 0 Å². The number of carboxylic acid groups (broad SMARTS) is 1. The Morgan fingerprint density at radius 3 is 2.24 bits per heavy atom. The van der Waals surface area contributed by atoms with E-state index in [-0.39, 0.29) is 30.3 Å². The highest BCUT2D eigenvalue weighted by Gasteiger charge is 2.32. The zero-order valence-corrected chi connectivity index (χ0v) is 23.0. The molecule has 3 atom stereocenters. The van der Waals surface area contributed by atoms with Crippen LogP contribution >= 0.6 is 11.8 Å². The number of aliphatic hydroxyl groups excluding tert-OH is 1. The van der Waals surface area contributed by atoms with Crippen LogP contribution in [0.15, 0.2) is 102 Å². The molecule has 1 saturated heterocycles. The minimum absolute atomic E-state index is 0.0213. The molecule has 5 rings (SSSR count). The van der Waals surface area contributed by atoms with Gasteiger partial charge in [-0.05, 0) is 53.1 Å². The highest BCUT2D eigenvalue weighted by atomic mass is 32.2. The van der Waals surface area contributed by atoms with Crippen molar-refractivity contribution in [2.24, 2.45) is 0 Å². The fraction of sp³-hybridized carbons (Fsp3) is 0.219. The highest BCUT2D eigenvalue weighted by molar-refractivity contribution is 7.99. The lowest BCUT2D eigenvalue weighted by atomic mass is 10.0. The molecule has 1 aromatic heterocycles. The van der Waals surface area contributed by atoms with Gasteiger partial charge in [0.15, 0.2) is 6.29 Å². The Bertz CT molecular complexity index is 1450. The Kier molecular flexibility index (Phi) is 9.43. The summed E-state index contributed by atoms with van der Waals surface area (Å²) >= 11 is 1.61. The van der Waals surface area contributed by atoms with Crippen LogP contribution in [0.5, 0.6) is 0 Å². The van der Waals surface area contributed by atoms with Crippen LogP contribution in [-0.2, 0) is 22.6 Å². The van der Waals surface area contributed by atoms with Gasteiger partial charge in [-0.15, -0.1) is 11.8 Å². The van der Waals surface area contributed by atoms with Crippen molar-refractivity contribution in [1.29, 1.82) is 0 Å². The number of nitrogens with zero attached hydrogens (tertiary/aromatic N) is 1. The lowest BCUT2D eigenvalue weighted by molar-refractivity contribution is -0.245. The summed E-state index contributed by atoms with van der Waals surface area (Å²) in [4.78, 5) is 28.5. The summed E-state index contributed by atoms with van der Waals surface area (Å²) < 4.78 is 12.8. The lowest BCUT2D eigenvalue weighted by Crippen LogP contribution is -2.31. The molecule has 1 aliphatic heterocycles. The molecule has 3 unspecified atom stereocenters.